The van der Waals surface area contributed by atoms with Crippen LogP contribution in [0.1, 0.15) is 81.9 Å². The molecule has 0 amide bonds. The molecule has 0 radical (unpaired) electrons. The molecule has 2 aliphatic rings. The Morgan fingerprint density at radius 1 is 1.17 bits per heavy atom. The molecule has 1 heterocycles. The first-order chi connectivity index (χ1) is 11.4. The Bertz CT molecular complexity index is 632. The largest absolute Gasteiger partial charge is 0.453 e. The van der Waals surface area contributed by atoms with E-state index in [4.69, 9.17) is 9.47 Å². The molecule has 0 spiro atoms. The van der Waals surface area contributed by atoms with E-state index in [9.17, 15) is 4.79 Å². The molecule has 3 heteroatoms. The van der Waals surface area contributed by atoms with E-state index in [1.54, 1.807) is 0 Å². The summed E-state index contributed by atoms with van der Waals surface area (Å²) in [4.78, 5) is 12.3. The summed E-state index contributed by atoms with van der Waals surface area (Å²) in [5.74, 6) is 4.04. The van der Waals surface area contributed by atoms with Gasteiger partial charge in [0.15, 0.2) is 11.5 Å². The van der Waals surface area contributed by atoms with E-state index in [1.807, 2.05) is 0 Å². The lowest BCUT2D eigenvalue weighted by Gasteiger charge is -2.34. The van der Waals surface area contributed by atoms with Gasteiger partial charge in [-0.1, -0.05) is 33.8 Å². The number of aryl methyl sites for hydroxylation is 1. The molecule has 3 nitrogen and oxygen atoms in total. The minimum Gasteiger partial charge on any atom is -0.453 e. The molecule has 1 aliphatic carbocycles. The first-order valence-corrected chi connectivity index (χ1v) is 9.33. The summed E-state index contributed by atoms with van der Waals surface area (Å²) in [7, 11) is 0. The second kappa shape index (κ2) is 6.78. The van der Waals surface area contributed by atoms with Gasteiger partial charge in [-0.15, -0.1) is 0 Å². The lowest BCUT2D eigenvalue weighted by atomic mass is 9.70. The van der Waals surface area contributed by atoms with Crippen LogP contribution in [-0.4, -0.2) is 12.6 Å². The Morgan fingerprint density at radius 3 is 2.58 bits per heavy atom. The molecule has 0 saturated carbocycles. The molecule has 3 atom stereocenters. The highest BCUT2D eigenvalue weighted by Crippen LogP contribution is 2.52. The van der Waals surface area contributed by atoms with Gasteiger partial charge in [0.25, 0.3) is 0 Å². The maximum atomic E-state index is 12.3. The number of Topliss-reactive ketones (excluding diaryl/α,β-unsaturated/α-hetero) is 1. The number of benzene rings is 1. The predicted octanol–water partition coefficient (Wildman–Crippen LogP) is 5.35. The van der Waals surface area contributed by atoms with E-state index >= 15 is 0 Å². The molecule has 0 unspecified atom stereocenters. The molecule has 1 aliphatic heterocycles. The summed E-state index contributed by atoms with van der Waals surface area (Å²) in [5.41, 5.74) is 3.87. The molecule has 0 saturated heterocycles. The van der Waals surface area contributed by atoms with Crippen LogP contribution in [0, 0.1) is 18.8 Å². The van der Waals surface area contributed by atoms with Crippen LogP contribution in [0.4, 0.5) is 0 Å². The third kappa shape index (κ3) is 3.18. The van der Waals surface area contributed by atoms with E-state index in [0.717, 1.165) is 29.9 Å². The molecule has 3 rings (SSSR count). The zero-order valence-electron chi connectivity index (χ0n) is 15.6. The fourth-order valence-electron chi connectivity index (χ4n) is 4.45. The number of fused-ring (bicyclic) bond motifs is 3. The Hall–Kier alpha value is -1.51. The molecule has 0 bridgehead atoms. The van der Waals surface area contributed by atoms with Gasteiger partial charge in [-0.3, -0.25) is 4.79 Å². The van der Waals surface area contributed by atoms with Crippen LogP contribution in [0.3, 0.4) is 0 Å². The van der Waals surface area contributed by atoms with Gasteiger partial charge in [0.1, 0.15) is 5.78 Å². The topological polar surface area (TPSA) is 35.5 Å². The first kappa shape index (κ1) is 17.3. The summed E-state index contributed by atoms with van der Waals surface area (Å²) >= 11 is 0. The number of carbonyl (C=O) groups excluding carboxylic acids is 1. The second-order valence-electron chi connectivity index (χ2n) is 8.16. The quantitative estimate of drug-likeness (QED) is 0.730. The van der Waals surface area contributed by atoms with E-state index in [1.165, 1.54) is 11.1 Å². The van der Waals surface area contributed by atoms with Gasteiger partial charge < -0.3 is 9.47 Å². The van der Waals surface area contributed by atoms with Crippen molar-refractivity contribution >= 4 is 5.78 Å². The smallest absolute Gasteiger partial charge is 0.231 e. The minimum absolute atomic E-state index is 0.326. The summed E-state index contributed by atoms with van der Waals surface area (Å²) in [5, 5.41) is 0. The highest BCUT2D eigenvalue weighted by Gasteiger charge is 2.35. The number of rotatable bonds is 5. The summed E-state index contributed by atoms with van der Waals surface area (Å²) in [6.45, 7) is 11.2. The van der Waals surface area contributed by atoms with Crippen LogP contribution < -0.4 is 9.47 Å². The van der Waals surface area contributed by atoms with Gasteiger partial charge in [0.2, 0.25) is 6.79 Å². The fraction of sp³-hybridized carbons (Fsp3) is 0.667. The molecule has 1 aromatic carbocycles. The summed E-state index contributed by atoms with van der Waals surface area (Å²) < 4.78 is 11.5. The van der Waals surface area contributed by atoms with Crippen molar-refractivity contribution in [3.8, 4) is 11.5 Å². The molecular weight excluding hydrogens is 300 g/mol. The van der Waals surface area contributed by atoms with Gasteiger partial charge in [-0.2, -0.15) is 0 Å². The lowest BCUT2D eigenvalue weighted by molar-refractivity contribution is -0.120. The monoisotopic (exact) mass is 330 g/mol. The van der Waals surface area contributed by atoms with Crippen LogP contribution in [0.5, 0.6) is 11.5 Å². The van der Waals surface area contributed by atoms with Crippen molar-refractivity contribution in [2.24, 2.45) is 11.8 Å². The second-order valence-corrected chi connectivity index (χ2v) is 8.16. The van der Waals surface area contributed by atoms with Crippen LogP contribution in [-0.2, 0) is 4.79 Å². The Labute approximate surface area is 145 Å². The molecular formula is C21H30O3. The molecule has 24 heavy (non-hydrogen) atoms. The van der Waals surface area contributed by atoms with E-state index in [0.29, 0.717) is 49.1 Å². The molecule has 0 N–H and O–H groups in total. The Balaban J connectivity index is 1.89. The van der Waals surface area contributed by atoms with Crippen molar-refractivity contribution in [1.82, 2.24) is 0 Å². The SMILES string of the molecule is Cc1cc2c(c3c1OCO3)[C@@H](C)CC[C@@H]2[C@@H](C)CC(=O)CC(C)C. The highest BCUT2D eigenvalue weighted by molar-refractivity contribution is 5.79. The average Bonchev–Trinajstić information content (AvgIpc) is 2.96. The summed E-state index contributed by atoms with van der Waals surface area (Å²) in [6.07, 6.45) is 3.69. The Morgan fingerprint density at radius 2 is 1.88 bits per heavy atom. The number of hydrogen-bond acceptors (Lipinski definition) is 3. The normalized spacial score (nSPS) is 23.2. The van der Waals surface area contributed by atoms with Crippen molar-refractivity contribution in [2.45, 2.75) is 72.1 Å². The molecule has 1 aromatic rings. The minimum atomic E-state index is 0.326. The molecule has 132 valence electrons. The van der Waals surface area contributed by atoms with Crippen molar-refractivity contribution in [3.63, 3.8) is 0 Å². The number of hydrogen-bond donors (Lipinski definition) is 0. The van der Waals surface area contributed by atoms with Gasteiger partial charge in [-0.05, 0) is 54.6 Å². The maximum absolute atomic E-state index is 12.3. The summed E-state index contributed by atoms with van der Waals surface area (Å²) in [6, 6.07) is 2.28. The average molecular weight is 330 g/mol. The zero-order valence-corrected chi connectivity index (χ0v) is 15.6. The zero-order chi connectivity index (χ0) is 17.4. The van der Waals surface area contributed by atoms with E-state index in [-0.39, 0.29) is 0 Å². The third-order valence-electron chi connectivity index (χ3n) is 5.57. The van der Waals surface area contributed by atoms with Gasteiger partial charge in [-0.25, -0.2) is 0 Å². The highest BCUT2D eigenvalue weighted by atomic mass is 16.7. The van der Waals surface area contributed by atoms with Gasteiger partial charge in [0.05, 0.1) is 0 Å². The predicted molar refractivity (Wildman–Crippen MR) is 95.9 cm³/mol. The van der Waals surface area contributed by atoms with Crippen LogP contribution in [0.25, 0.3) is 0 Å². The van der Waals surface area contributed by atoms with Crippen molar-refractivity contribution in [1.29, 1.82) is 0 Å². The number of ketones is 1. The molecule has 0 fully saturated rings. The molecule has 0 aromatic heterocycles. The number of carbonyl (C=O) groups is 1. The fourth-order valence-corrected chi connectivity index (χ4v) is 4.45. The van der Waals surface area contributed by atoms with Crippen LogP contribution >= 0.6 is 0 Å². The van der Waals surface area contributed by atoms with E-state index < -0.39 is 0 Å². The first-order valence-electron chi connectivity index (χ1n) is 9.33. The Kier molecular flexibility index (Phi) is 4.89. The van der Waals surface area contributed by atoms with E-state index in [2.05, 4.69) is 40.7 Å². The standard InChI is InChI=1S/C21H30O3/c1-12(2)8-16(22)9-14(4)17-7-6-13(3)19-18(17)10-15(5)20-21(19)24-11-23-20/h10,12-14,17H,6-9,11H2,1-5H3/t13-,14-,17+/m0/s1. The maximum Gasteiger partial charge on any atom is 0.231 e. The van der Waals surface area contributed by atoms with Crippen LogP contribution in [0.15, 0.2) is 6.07 Å². The van der Waals surface area contributed by atoms with Crippen molar-refractivity contribution in [2.75, 3.05) is 6.79 Å². The van der Waals surface area contributed by atoms with Gasteiger partial charge >= 0.3 is 0 Å². The lowest BCUT2D eigenvalue weighted by Crippen LogP contribution is -2.21. The van der Waals surface area contributed by atoms with Crippen molar-refractivity contribution in [3.05, 3.63) is 22.8 Å². The van der Waals surface area contributed by atoms with Crippen LogP contribution in [0.2, 0.25) is 0 Å². The van der Waals surface area contributed by atoms with Crippen molar-refractivity contribution < 1.29 is 14.3 Å². The third-order valence-corrected chi connectivity index (χ3v) is 5.57. The van der Waals surface area contributed by atoms with Gasteiger partial charge in [0, 0.05) is 18.4 Å². The number of ether oxygens (including phenoxy) is 2.